The maximum absolute atomic E-state index is 13.8. The molecule has 0 bridgehead atoms. The number of nitrogens with zero attached hydrogens (tertiary/aromatic N) is 2. The third kappa shape index (κ3) is 4.06. The van der Waals surface area contributed by atoms with Crippen LogP contribution in [0.5, 0.6) is 0 Å². The highest BCUT2D eigenvalue weighted by Crippen LogP contribution is 2.41. The molecule has 2 aliphatic rings. The standard InChI is InChI=1S/C18H32F4N2/c1-17(2,3)24-10-8-12(14(24)16(21)22)11-18(4,5)23-9-6-7-13(23)15(19)20/h12-16H,6-11H2,1-5H3/t12?,13-,14?/m1/s1. The van der Waals surface area contributed by atoms with Crippen molar-refractivity contribution < 1.29 is 17.6 Å². The van der Waals surface area contributed by atoms with Crippen molar-refractivity contribution in [3.63, 3.8) is 0 Å². The molecule has 0 amide bonds. The number of hydrogen-bond acceptors (Lipinski definition) is 2. The van der Waals surface area contributed by atoms with Crippen LogP contribution in [-0.2, 0) is 0 Å². The van der Waals surface area contributed by atoms with Gasteiger partial charge in [-0.2, -0.15) is 0 Å². The van der Waals surface area contributed by atoms with Crippen molar-refractivity contribution >= 4 is 0 Å². The molecule has 2 fully saturated rings. The molecule has 0 saturated carbocycles. The fourth-order valence-electron chi connectivity index (χ4n) is 4.79. The van der Waals surface area contributed by atoms with Gasteiger partial charge in [-0.05, 0) is 79.3 Å². The van der Waals surface area contributed by atoms with Crippen molar-refractivity contribution in [1.82, 2.24) is 9.80 Å². The maximum atomic E-state index is 13.8. The van der Waals surface area contributed by atoms with Crippen molar-refractivity contribution in [2.45, 2.75) is 96.3 Å². The first-order valence-corrected chi connectivity index (χ1v) is 9.05. The number of halogens is 4. The second-order valence-electron chi connectivity index (χ2n) is 8.99. The van der Waals surface area contributed by atoms with Crippen LogP contribution in [0.15, 0.2) is 0 Å². The van der Waals surface area contributed by atoms with E-state index < -0.39 is 30.5 Å². The predicted octanol–water partition coefficient (Wildman–Crippen LogP) is 4.64. The Kier molecular flexibility index (Phi) is 5.91. The van der Waals surface area contributed by atoms with Gasteiger partial charge in [0.15, 0.2) is 0 Å². The van der Waals surface area contributed by atoms with Gasteiger partial charge in [-0.3, -0.25) is 9.80 Å². The van der Waals surface area contributed by atoms with E-state index in [9.17, 15) is 17.6 Å². The largest absolute Gasteiger partial charge is 0.290 e. The van der Waals surface area contributed by atoms with Gasteiger partial charge in [0.25, 0.3) is 12.9 Å². The van der Waals surface area contributed by atoms with Gasteiger partial charge in [-0.15, -0.1) is 0 Å². The van der Waals surface area contributed by atoms with Crippen LogP contribution in [0.25, 0.3) is 0 Å². The summed E-state index contributed by atoms with van der Waals surface area (Å²) in [5, 5.41) is 0. The number of rotatable bonds is 5. The number of hydrogen-bond donors (Lipinski definition) is 0. The van der Waals surface area contributed by atoms with Gasteiger partial charge in [0, 0.05) is 11.1 Å². The molecule has 24 heavy (non-hydrogen) atoms. The average Bonchev–Trinajstić information content (AvgIpc) is 3.02. The molecule has 2 unspecified atom stereocenters. The van der Waals surface area contributed by atoms with E-state index in [1.165, 1.54) is 0 Å². The molecule has 3 atom stereocenters. The van der Waals surface area contributed by atoms with Gasteiger partial charge in [-0.25, -0.2) is 17.6 Å². The van der Waals surface area contributed by atoms with Gasteiger partial charge in [0.2, 0.25) is 0 Å². The van der Waals surface area contributed by atoms with Gasteiger partial charge >= 0.3 is 0 Å². The zero-order valence-electron chi connectivity index (χ0n) is 15.5. The van der Waals surface area contributed by atoms with Crippen molar-refractivity contribution in [2.24, 2.45) is 5.92 Å². The Morgan fingerprint density at radius 3 is 2.00 bits per heavy atom. The molecule has 2 nitrogen and oxygen atoms in total. The summed E-state index contributed by atoms with van der Waals surface area (Å²) in [5.41, 5.74) is -0.789. The summed E-state index contributed by atoms with van der Waals surface area (Å²) < 4.78 is 54.1. The zero-order valence-corrected chi connectivity index (χ0v) is 15.5. The molecule has 0 N–H and O–H groups in total. The normalized spacial score (nSPS) is 30.9. The first kappa shape index (κ1) is 20.0. The zero-order chi connectivity index (χ0) is 18.3. The Morgan fingerprint density at radius 2 is 1.50 bits per heavy atom. The summed E-state index contributed by atoms with van der Waals surface area (Å²) in [4.78, 5) is 3.76. The molecular formula is C18H32F4N2. The van der Waals surface area contributed by atoms with Crippen LogP contribution in [0.1, 0.15) is 60.3 Å². The van der Waals surface area contributed by atoms with Crippen LogP contribution in [0.3, 0.4) is 0 Å². The summed E-state index contributed by atoms with van der Waals surface area (Å²) in [5.74, 6) is -0.154. The van der Waals surface area contributed by atoms with Crippen LogP contribution in [-0.4, -0.2) is 58.9 Å². The summed E-state index contributed by atoms with van der Waals surface area (Å²) in [7, 11) is 0. The molecule has 2 rings (SSSR count). The van der Waals surface area contributed by atoms with E-state index >= 15 is 0 Å². The van der Waals surface area contributed by atoms with Crippen molar-refractivity contribution in [3.8, 4) is 0 Å². The summed E-state index contributed by atoms with van der Waals surface area (Å²) >= 11 is 0. The Morgan fingerprint density at radius 1 is 0.875 bits per heavy atom. The maximum Gasteiger partial charge on any atom is 0.254 e. The topological polar surface area (TPSA) is 6.48 Å². The Balaban J connectivity index is 2.13. The van der Waals surface area contributed by atoms with E-state index in [4.69, 9.17) is 0 Å². The van der Waals surface area contributed by atoms with E-state index in [0.29, 0.717) is 32.4 Å². The Labute approximate surface area is 143 Å². The molecule has 0 radical (unpaired) electrons. The molecule has 6 heteroatoms. The smallest absolute Gasteiger partial charge is 0.254 e. The lowest BCUT2D eigenvalue weighted by molar-refractivity contribution is -0.0351. The average molecular weight is 352 g/mol. The van der Waals surface area contributed by atoms with Crippen LogP contribution in [0.4, 0.5) is 17.6 Å². The van der Waals surface area contributed by atoms with Crippen LogP contribution in [0, 0.1) is 5.92 Å². The summed E-state index contributed by atoms with van der Waals surface area (Å²) in [6.45, 7) is 11.1. The van der Waals surface area contributed by atoms with E-state index in [0.717, 1.165) is 6.42 Å². The van der Waals surface area contributed by atoms with Crippen LogP contribution < -0.4 is 0 Å². The highest BCUT2D eigenvalue weighted by atomic mass is 19.3. The minimum atomic E-state index is -2.41. The lowest BCUT2D eigenvalue weighted by Gasteiger charge is -2.43. The highest BCUT2D eigenvalue weighted by molar-refractivity contribution is 5.00. The monoisotopic (exact) mass is 352 g/mol. The van der Waals surface area contributed by atoms with Gasteiger partial charge in [0.1, 0.15) is 0 Å². The first-order chi connectivity index (χ1) is 10.9. The molecule has 0 spiro atoms. The van der Waals surface area contributed by atoms with Crippen LogP contribution in [0.2, 0.25) is 0 Å². The van der Waals surface area contributed by atoms with Gasteiger partial charge in [0.05, 0.1) is 12.1 Å². The van der Waals surface area contributed by atoms with Gasteiger partial charge < -0.3 is 0 Å². The minimum absolute atomic E-state index is 0.154. The lowest BCUT2D eigenvalue weighted by atomic mass is 9.84. The summed E-state index contributed by atoms with van der Waals surface area (Å²) in [6, 6.07) is -1.51. The molecule has 0 aromatic carbocycles. The second kappa shape index (κ2) is 7.10. The van der Waals surface area contributed by atoms with Crippen molar-refractivity contribution in [3.05, 3.63) is 0 Å². The fraction of sp³-hybridized carbons (Fsp3) is 1.00. The Hall–Kier alpha value is -0.360. The minimum Gasteiger partial charge on any atom is -0.290 e. The van der Waals surface area contributed by atoms with E-state index in [1.807, 2.05) is 44.4 Å². The van der Waals surface area contributed by atoms with Crippen molar-refractivity contribution in [1.29, 1.82) is 0 Å². The van der Waals surface area contributed by atoms with Crippen LogP contribution >= 0.6 is 0 Å². The molecule has 2 aliphatic heterocycles. The third-order valence-electron chi connectivity index (χ3n) is 5.83. The van der Waals surface area contributed by atoms with E-state index in [-0.39, 0.29) is 11.5 Å². The quantitative estimate of drug-likeness (QED) is 0.665. The molecular weight excluding hydrogens is 320 g/mol. The number of likely N-dealkylation sites (tertiary alicyclic amines) is 2. The van der Waals surface area contributed by atoms with Gasteiger partial charge in [-0.1, -0.05) is 0 Å². The fourth-order valence-corrected chi connectivity index (χ4v) is 4.79. The first-order valence-electron chi connectivity index (χ1n) is 9.05. The second-order valence-corrected chi connectivity index (χ2v) is 8.99. The van der Waals surface area contributed by atoms with E-state index in [1.54, 1.807) is 0 Å². The van der Waals surface area contributed by atoms with E-state index in [2.05, 4.69) is 0 Å². The number of alkyl halides is 4. The molecule has 0 aliphatic carbocycles. The molecule has 0 aromatic rings. The Bertz CT molecular complexity index is 420. The molecule has 0 aromatic heterocycles. The molecule has 2 heterocycles. The summed E-state index contributed by atoms with van der Waals surface area (Å²) in [6.07, 6.45) is -2.27. The highest BCUT2D eigenvalue weighted by Gasteiger charge is 2.48. The third-order valence-corrected chi connectivity index (χ3v) is 5.83. The molecule has 142 valence electrons. The molecule has 2 saturated heterocycles. The van der Waals surface area contributed by atoms with Crippen molar-refractivity contribution in [2.75, 3.05) is 13.1 Å². The SMILES string of the molecule is CC(C)(C)N1CCC(CC(C)(C)N2CCC[C@@H]2C(F)F)C1C(F)F. The lowest BCUT2D eigenvalue weighted by Crippen LogP contribution is -2.53. The predicted molar refractivity (Wildman–Crippen MR) is 88.8 cm³/mol.